The van der Waals surface area contributed by atoms with Crippen LogP contribution in [0, 0.1) is 23.2 Å². The second-order valence-electron chi connectivity index (χ2n) is 8.59. The van der Waals surface area contributed by atoms with E-state index in [-0.39, 0.29) is 0 Å². The third-order valence-corrected chi connectivity index (χ3v) is 7.42. The molecular formula is C19H32N2O. The van der Waals surface area contributed by atoms with Crippen LogP contribution in [0.2, 0.25) is 0 Å². The van der Waals surface area contributed by atoms with E-state index < -0.39 is 0 Å². The van der Waals surface area contributed by atoms with E-state index >= 15 is 0 Å². The lowest BCUT2D eigenvalue weighted by atomic mass is 9.64. The van der Waals surface area contributed by atoms with Crippen LogP contribution >= 0.6 is 0 Å². The van der Waals surface area contributed by atoms with Gasteiger partial charge in [0.2, 0.25) is 0 Å². The number of carbonyl (C=O) groups excluding carboxylic acids is 1. The summed E-state index contributed by atoms with van der Waals surface area (Å²) in [7, 11) is 0. The standard InChI is InChI=1S/C19H32N2O/c22-18(13-17-14-21-11-3-15(17)4-12-21)16-1-5-19(6-2-16)7-9-20-10-8-19/h15-17,20H,1-14H2/t17-/m1/s1. The average Bonchev–Trinajstić information content (AvgIpc) is 2.57. The molecule has 1 spiro atoms. The fraction of sp³-hybridized carbons (Fsp3) is 0.947. The van der Waals surface area contributed by atoms with Gasteiger partial charge < -0.3 is 10.2 Å². The normalized spacial score (nSPS) is 38.3. The Hall–Kier alpha value is -0.410. The first-order valence-electron chi connectivity index (χ1n) is 9.70. The Kier molecular flexibility index (Phi) is 4.29. The molecule has 0 aromatic rings. The Morgan fingerprint density at radius 1 is 1.00 bits per heavy atom. The van der Waals surface area contributed by atoms with Crippen LogP contribution in [0.1, 0.15) is 57.8 Å². The number of carbonyl (C=O) groups is 1. The first kappa shape index (κ1) is 15.1. The molecule has 3 nitrogen and oxygen atoms in total. The molecular weight excluding hydrogens is 272 g/mol. The van der Waals surface area contributed by atoms with Crippen LogP contribution in [-0.4, -0.2) is 43.4 Å². The Balaban J connectivity index is 1.29. The van der Waals surface area contributed by atoms with Crippen molar-refractivity contribution in [1.82, 2.24) is 10.2 Å². The molecule has 124 valence electrons. The molecule has 0 radical (unpaired) electrons. The summed E-state index contributed by atoms with van der Waals surface area (Å²) in [5, 5.41) is 3.49. The zero-order valence-corrected chi connectivity index (χ0v) is 14.0. The number of hydrogen-bond donors (Lipinski definition) is 1. The molecule has 0 aromatic heterocycles. The van der Waals surface area contributed by atoms with Crippen LogP contribution in [0.25, 0.3) is 0 Å². The quantitative estimate of drug-likeness (QED) is 0.870. The van der Waals surface area contributed by atoms with Crippen LogP contribution in [0.15, 0.2) is 0 Å². The van der Waals surface area contributed by atoms with Crippen molar-refractivity contribution in [2.24, 2.45) is 23.2 Å². The van der Waals surface area contributed by atoms with Gasteiger partial charge >= 0.3 is 0 Å². The molecule has 5 aliphatic rings. The number of nitrogens with zero attached hydrogens (tertiary/aromatic N) is 1. The number of rotatable bonds is 3. The van der Waals surface area contributed by atoms with Crippen LogP contribution in [-0.2, 0) is 4.79 Å². The summed E-state index contributed by atoms with van der Waals surface area (Å²) in [6, 6.07) is 0. The minimum Gasteiger partial charge on any atom is -0.317 e. The van der Waals surface area contributed by atoms with Crippen molar-refractivity contribution in [3.63, 3.8) is 0 Å². The minimum absolute atomic E-state index is 0.399. The largest absolute Gasteiger partial charge is 0.317 e. The van der Waals surface area contributed by atoms with Gasteiger partial charge in [-0.2, -0.15) is 0 Å². The monoisotopic (exact) mass is 304 g/mol. The number of ketones is 1. The molecule has 0 amide bonds. The molecule has 0 unspecified atom stereocenters. The summed E-state index contributed by atoms with van der Waals surface area (Å²) < 4.78 is 0. The maximum atomic E-state index is 12.8. The molecule has 4 aliphatic heterocycles. The van der Waals surface area contributed by atoms with Crippen molar-refractivity contribution >= 4 is 5.78 Å². The zero-order chi connectivity index (χ0) is 15.0. The fourth-order valence-electron chi connectivity index (χ4n) is 5.75. The van der Waals surface area contributed by atoms with Crippen molar-refractivity contribution < 1.29 is 4.79 Å². The number of Topliss-reactive ketones (excluding diaryl/α,β-unsaturated/α-hetero) is 1. The maximum Gasteiger partial charge on any atom is 0.136 e. The number of piperidine rings is 4. The van der Waals surface area contributed by atoms with Crippen molar-refractivity contribution in [3.05, 3.63) is 0 Å². The molecule has 3 heteroatoms. The van der Waals surface area contributed by atoms with Gasteiger partial charge in [-0.05, 0) is 94.8 Å². The van der Waals surface area contributed by atoms with E-state index in [1.807, 2.05) is 0 Å². The third kappa shape index (κ3) is 2.99. The van der Waals surface area contributed by atoms with Gasteiger partial charge in [0, 0.05) is 18.9 Å². The third-order valence-electron chi connectivity index (χ3n) is 7.42. The van der Waals surface area contributed by atoms with Crippen molar-refractivity contribution in [2.75, 3.05) is 32.7 Å². The highest BCUT2D eigenvalue weighted by molar-refractivity contribution is 5.81. The lowest BCUT2D eigenvalue weighted by Crippen LogP contribution is -2.48. The number of nitrogens with one attached hydrogen (secondary N) is 1. The summed E-state index contributed by atoms with van der Waals surface area (Å²) in [5.74, 6) is 2.55. The van der Waals surface area contributed by atoms with Gasteiger partial charge in [0.1, 0.15) is 5.78 Å². The second kappa shape index (κ2) is 6.24. The Labute approximate surface area is 135 Å². The highest BCUT2D eigenvalue weighted by atomic mass is 16.1. The van der Waals surface area contributed by atoms with Crippen LogP contribution in [0.3, 0.4) is 0 Å². The van der Waals surface area contributed by atoms with Crippen molar-refractivity contribution in [1.29, 1.82) is 0 Å². The summed E-state index contributed by atoms with van der Waals surface area (Å²) >= 11 is 0. The summed E-state index contributed by atoms with van der Waals surface area (Å²) in [4.78, 5) is 15.4. The molecule has 2 bridgehead atoms. The summed E-state index contributed by atoms with van der Waals surface area (Å²) in [6.45, 7) is 6.17. The van der Waals surface area contributed by atoms with Gasteiger partial charge in [0.05, 0.1) is 0 Å². The molecule has 0 aromatic carbocycles. The lowest BCUT2D eigenvalue weighted by molar-refractivity contribution is -0.127. The molecule has 1 aliphatic carbocycles. The first-order valence-corrected chi connectivity index (χ1v) is 9.70. The minimum atomic E-state index is 0.399. The fourth-order valence-corrected chi connectivity index (χ4v) is 5.75. The van der Waals surface area contributed by atoms with E-state index in [1.54, 1.807) is 0 Å². The van der Waals surface area contributed by atoms with E-state index in [1.165, 1.54) is 84.1 Å². The summed E-state index contributed by atoms with van der Waals surface area (Å²) in [6.07, 6.45) is 11.2. The topological polar surface area (TPSA) is 32.3 Å². The van der Waals surface area contributed by atoms with E-state index in [0.717, 1.165) is 12.3 Å². The van der Waals surface area contributed by atoms with Crippen molar-refractivity contribution in [3.8, 4) is 0 Å². The van der Waals surface area contributed by atoms with Gasteiger partial charge in [0.15, 0.2) is 0 Å². The predicted octanol–water partition coefficient (Wildman–Crippen LogP) is 2.85. The summed E-state index contributed by atoms with van der Waals surface area (Å²) in [5.41, 5.74) is 0.595. The highest BCUT2D eigenvalue weighted by Gasteiger charge is 2.40. The predicted molar refractivity (Wildman–Crippen MR) is 88.8 cm³/mol. The van der Waals surface area contributed by atoms with E-state index in [2.05, 4.69) is 10.2 Å². The van der Waals surface area contributed by atoms with Gasteiger partial charge in [-0.3, -0.25) is 4.79 Å². The molecule has 1 N–H and O–H groups in total. The van der Waals surface area contributed by atoms with Crippen molar-refractivity contribution in [2.45, 2.75) is 57.8 Å². The van der Waals surface area contributed by atoms with Gasteiger partial charge in [-0.1, -0.05) is 0 Å². The van der Waals surface area contributed by atoms with E-state index in [0.29, 0.717) is 23.0 Å². The van der Waals surface area contributed by atoms with Gasteiger partial charge in [-0.25, -0.2) is 0 Å². The molecule has 5 fully saturated rings. The Morgan fingerprint density at radius 2 is 1.68 bits per heavy atom. The molecule has 5 rings (SSSR count). The molecule has 1 atom stereocenters. The SMILES string of the molecule is O=C(C[C@@H]1CN2CCC1CC2)C1CCC2(CCNCC2)CC1. The molecule has 4 saturated heterocycles. The van der Waals surface area contributed by atoms with Crippen LogP contribution in [0.5, 0.6) is 0 Å². The Morgan fingerprint density at radius 3 is 2.27 bits per heavy atom. The van der Waals surface area contributed by atoms with Crippen LogP contribution < -0.4 is 5.32 Å². The second-order valence-corrected chi connectivity index (χ2v) is 8.59. The molecule has 4 heterocycles. The lowest BCUT2D eigenvalue weighted by Gasteiger charge is -2.46. The van der Waals surface area contributed by atoms with Crippen LogP contribution in [0.4, 0.5) is 0 Å². The number of hydrogen-bond acceptors (Lipinski definition) is 3. The number of fused-ring (bicyclic) bond motifs is 3. The highest BCUT2D eigenvalue weighted by Crippen LogP contribution is 2.46. The average molecular weight is 304 g/mol. The van der Waals surface area contributed by atoms with E-state index in [9.17, 15) is 4.79 Å². The first-order chi connectivity index (χ1) is 10.7. The van der Waals surface area contributed by atoms with E-state index in [4.69, 9.17) is 0 Å². The maximum absolute atomic E-state index is 12.8. The molecule has 22 heavy (non-hydrogen) atoms. The van der Waals surface area contributed by atoms with Gasteiger partial charge in [0.25, 0.3) is 0 Å². The smallest absolute Gasteiger partial charge is 0.136 e. The Bertz CT molecular complexity index is 398. The molecule has 1 saturated carbocycles. The van der Waals surface area contributed by atoms with Gasteiger partial charge in [-0.15, -0.1) is 0 Å². The zero-order valence-electron chi connectivity index (χ0n) is 14.0.